The van der Waals surface area contributed by atoms with Crippen LogP contribution in [-0.4, -0.2) is 11.9 Å². The van der Waals surface area contributed by atoms with E-state index in [1.807, 2.05) is 12.1 Å². The second-order valence-electron chi connectivity index (χ2n) is 3.21. The Morgan fingerprint density at radius 1 is 1.50 bits per heavy atom. The van der Waals surface area contributed by atoms with E-state index in [0.29, 0.717) is 0 Å². The summed E-state index contributed by atoms with van der Waals surface area (Å²) in [5, 5.41) is 0. The van der Waals surface area contributed by atoms with Crippen LogP contribution in [0.2, 0.25) is 0 Å². The van der Waals surface area contributed by atoms with E-state index in [1.165, 1.54) is 4.88 Å². The van der Waals surface area contributed by atoms with Gasteiger partial charge in [-0.3, -0.25) is 9.59 Å². The number of hydrogen-bond donors (Lipinski definition) is 0. The van der Waals surface area contributed by atoms with Crippen molar-refractivity contribution in [3.8, 4) is 0 Å². The Hall–Kier alpha value is -1.16. The average Bonchev–Trinajstić information content (AvgIpc) is 2.71. The van der Waals surface area contributed by atoms with E-state index in [0.717, 1.165) is 11.3 Å². The smallest absolute Gasteiger partial charge is 0.322 e. The third kappa shape index (κ3) is 1.57. The molecule has 1 unspecified atom stereocenters. The van der Waals surface area contributed by atoms with Crippen LogP contribution in [0.15, 0.2) is 12.1 Å². The number of carbonyl (C=O) groups is 2. The fraction of sp³-hybridized carbons (Fsp3) is 0.400. The molecule has 0 N–H and O–H groups in total. The first kappa shape index (κ1) is 9.40. The zero-order valence-corrected chi connectivity index (χ0v) is 8.60. The molecule has 0 radical (unpaired) electrons. The molecule has 1 aliphatic rings. The SMILES string of the molecule is CCc1ccc(C2CC(=O)OC2=O)s1. The molecule has 2 heterocycles. The first-order chi connectivity index (χ1) is 6.70. The van der Waals surface area contributed by atoms with Crippen LogP contribution in [0.4, 0.5) is 0 Å². The predicted molar refractivity (Wildman–Crippen MR) is 52.2 cm³/mol. The van der Waals surface area contributed by atoms with Crippen molar-refractivity contribution in [2.75, 3.05) is 0 Å². The number of cyclic esters (lactones) is 2. The second kappa shape index (κ2) is 3.53. The second-order valence-corrected chi connectivity index (χ2v) is 4.41. The summed E-state index contributed by atoms with van der Waals surface area (Å²) in [5.74, 6) is -1.17. The zero-order valence-electron chi connectivity index (χ0n) is 7.78. The molecule has 0 amide bonds. The molecule has 3 nitrogen and oxygen atoms in total. The standard InChI is InChI=1S/C10H10O3S/c1-2-6-3-4-8(14-6)7-5-9(11)13-10(7)12/h3-4,7H,2,5H2,1H3. The van der Waals surface area contributed by atoms with Crippen LogP contribution in [0, 0.1) is 0 Å². The molecule has 1 atom stereocenters. The fourth-order valence-electron chi connectivity index (χ4n) is 1.46. The molecular formula is C10H10O3S. The number of rotatable bonds is 2. The maximum absolute atomic E-state index is 11.2. The summed E-state index contributed by atoms with van der Waals surface area (Å²) in [6.45, 7) is 2.06. The fourth-order valence-corrected chi connectivity index (χ4v) is 2.50. The van der Waals surface area contributed by atoms with Gasteiger partial charge >= 0.3 is 11.9 Å². The quantitative estimate of drug-likeness (QED) is 0.553. The van der Waals surface area contributed by atoms with Crippen molar-refractivity contribution in [1.29, 1.82) is 0 Å². The minimum absolute atomic E-state index is 0.197. The van der Waals surface area contributed by atoms with Crippen molar-refractivity contribution in [3.63, 3.8) is 0 Å². The Bertz CT molecular complexity index is 380. The minimum atomic E-state index is -0.411. The highest BCUT2D eigenvalue weighted by atomic mass is 32.1. The predicted octanol–water partition coefficient (Wildman–Crippen LogP) is 1.87. The lowest BCUT2D eigenvalue weighted by molar-refractivity contribution is -0.152. The van der Waals surface area contributed by atoms with Crippen LogP contribution in [0.25, 0.3) is 0 Å². The first-order valence-corrected chi connectivity index (χ1v) is 5.35. The number of ether oxygens (including phenoxy) is 1. The van der Waals surface area contributed by atoms with Crippen molar-refractivity contribution in [2.24, 2.45) is 0 Å². The molecule has 0 bridgehead atoms. The van der Waals surface area contributed by atoms with Gasteiger partial charge in [0.1, 0.15) is 5.92 Å². The van der Waals surface area contributed by atoms with Gasteiger partial charge in [0, 0.05) is 9.75 Å². The number of aryl methyl sites for hydroxylation is 1. The molecule has 1 aromatic heterocycles. The molecule has 0 aliphatic carbocycles. The monoisotopic (exact) mass is 210 g/mol. The van der Waals surface area contributed by atoms with Gasteiger partial charge in [-0.25, -0.2) is 0 Å². The average molecular weight is 210 g/mol. The molecule has 1 saturated heterocycles. The van der Waals surface area contributed by atoms with Crippen molar-refractivity contribution in [2.45, 2.75) is 25.7 Å². The Balaban J connectivity index is 2.22. The minimum Gasteiger partial charge on any atom is -0.393 e. The van der Waals surface area contributed by atoms with E-state index >= 15 is 0 Å². The highest BCUT2D eigenvalue weighted by Gasteiger charge is 2.35. The number of hydrogen-bond acceptors (Lipinski definition) is 4. The molecule has 0 spiro atoms. The van der Waals surface area contributed by atoms with E-state index in [2.05, 4.69) is 11.7 Å². The van der Waals surface area contributed by atoms with Gasteiger partial charge in [0.2, 0.25) is 0 Å². The number of carbonyl (C=O) groups excluding carboxylic acids is 2. The third-order valence-electron chi connectivity index (χ3n) is 2.24. The van der Waals surface area contributed by atoms with E-state index in [9.17, 15) is 9.59 Å². The van der Waals surface area contributed by atoms with Crippen molar-refractivity contribution in [3.05, 3.63) is 21.9 Å². The summed E-state index contributed by atoms with van der Waals surface area (Å²) in [6, 6.07) is 3.91. The lowest BCUT2D eigenvalue weighted by atomic mass is 10.1. The number of thiophene rings is 1. The molecule has 1 fully saturated rings. The summed E-state index contributed by atoms with van der Waals surface area (Å²) >= 11 is 1.58. The normalized spacial score (nSPS) is 21.4. The Morgan fingerprint density at radius 2 is 2.29 bits per heavy atom. The van der Waals surface area contributed by atoms with Gasteiger partial charge in [0.25, 0.3) is 0 Å². The molecule has 0 saturated carbocycles. The van der Waals surface area contributed by atoms with Crippen LogP contribution >= 0.6 is 11.3 Å². The largest absolute Gasteiger partial charge is 0.393 e. The van der Waals surface area contributed by atoms with Gasteiger partial charge < -0.3 is 4.74 Å². The third-order valence-corrected chi connectivity index (χ3v) is 3.59. The number of esters is 2. The lowest BCUT2D eigenvalue weighted by Crippen LogP contribution is -2.03. The summed E-state index contributed by atoms with van der Waals surface area (Å²) in [6.07, 6.45) is 1.16. The highest BCUT2D eigenvalue weighted by molar-refractivity contribution is 7.12. The maximum Gasteiger partial charge on any atom is 0.322 e. The molecule has 2 rings (SSSR count). The van der Waals surface area contributed by atoms with E-state index in [1.54, 1.807) is 11.3 Å². The van der Waals surface area contributed by atoms with Crippen LogP contribution in [0.5, 0.6) is 0 Å². The summed E-state index contributed by atoms with van der Waals surface area (Å²) in [5.41, 5.74) is 0. The van der Waals surface area contributed by atoms with E-state index in [4.69, 9.17) is 0 Å². The van der Waals surface area contributed by atoms with E-state index < -0.39 is 11.9 Å². The Morgan fingerprint density at radius 3 is 2.79 bits per heavy atom. The lowest BCUT2D eigenvalue weighted by Gasteiger charge is -1.98. The molecule has 4 heteroatoms. The van der Waals surface area contributed by atoms with Crippen LogP contribution < -0.4 is 0 Å². The maximum atomic E-state index is 11.2. The van der Waals surface area contributed by atoms with Gasteiger partial charge in [0.05, 0.1) is 6.42 Å². The van der Waals surface area contributed by atoms with Gasteiger partial charge in [-0.05, 0) is 18.6 Å². The Kier molecular flexibility index (Phi) is 2.37. The van der Waals surface area contributed by atoms with Crippen LogP contribution in [0.1, 0.15) is 29.0 Å². The van der Waals surface area contributed by atoms with Crippen molar-refractivity contribution >= 4 is 23.3 Å². The van der Waals surface area contributed by atoms with Gasteiger partial charge in [-0.2, -0.15) is 0 Å². The zero-order chi connectivity index (χ0) is 10.1. The summed E-state index contributed by atoms with van der Waals surface area (Å²) in [4.78, 5) is 24.3. The van der Waals surface area contributed by atoms with Gasteiger partial charge in [-0.1, -0.05) is 6.92 Å². The molecule has 1 aromatic rings. The van der Waals surface area contributed by atoms with Crippen LogP contribution in [0.3, 0.4) is 0 Å². The summed E-state index contributed by atoms with van der Waals surface area (Å²) < 4.78 is 4.50. The molecule has 74 valence electrons. The first-order valence-electron chi connectivity index (χ1n) is 4.54. The highest BCUT2D eigenvalue weighted by Crippen LogP contribution is 2.32. The molecule has 0 aromatic carbocycles. The molecule has 14 heavy (non-hydrogen) atoms. The van der Waals surface area contributed by atoms with Crippen molar-refractivity contribution < 1.29 is 14.3 Å². The van der Waals surface area contributed by atoms with Crippen LogP contribution in [-0.2, 0) is 20.7 Å². The van der Waals surface area contributed by atoms with Gasteiger partial charge in [-0.15, -0.1) is 11.3 Å². The topological polar surface area (TPSA) is 43.4 Å². The Labute approximate surface area is 85.7 Å². The van der Waals surface area contributed by atoms with Gasteiger partial charge in [0.15, 0.2) is 0 Å². The van der Waals surface area contributed by atoms with Crippen molar-refractivity contribution in [1.82, 2.24) is 0 Å². The molecule has 1 aliphatic heterocycles. The van der Waals surface area contributed by atoms with E-state index in [-0.39, 0.29) is 12.3 Å². The molecular weight excluding hydrogens is 200 g/mol. The summed E-state index contributed by atoms with van der Waals surface area (Å²) in [7, 11) is 0.